The Balaban J connectivity index is 1.39. The van der Waals surface area contributed by atoms with Crippen molar-refractivity contribution in [3.63, 3.8) is 0 Å². The number of nitrogens with zero attached hydrogens (tertiary/aromatic N) is 6. The molecule has 2 aliphatic rings. The molecule has 0 spiro atoms. The predicted molar refractivity (Wildman–Crippen MR) is 160 cm³/mol. The van der Waals surface area contributed by atoms with Crippen LogP contribution >= 0.6 is 11.6 Å². The lowest BCUT2D eigenvalue weighted by molar-refractivity contribution is 0.0899. The summed E-state index contributed by atoms with van der Waals surface area (Å²) < 4.78 is 24.7. The van der Waals surface area contributed by atoms with Crippen molar-refractivity contribution in [1.29, 1.82) is 0 Å². The van der Waals surface area contributed by atoms with E-state index in [0.717, 1.165) is 37.5 Å². The average Bonchev–Trinajstić information content (AvgIpc) is 3.54. The van der Waals surface area contributed by atoms with E-state index in [1.54, 1.807) is 24.1 Å². The van der Waals surface area contributed by atoms with Gasteiger partial charge in [-0.2, -0.15) is 5.10 Å². The molecule has 6 rings (SSSR count). The van der Waals surface area contributed by atoms with E-state index in [2.05, 4.69) is 35.0 Å². The molecule has 2 N–H and O–H groups in total. The van der Waals surface area contributed by atoms with Gasteiger partial charge in [-0.25, -0.2) is 19.2 Å². The molecule has 4 aromatic rings. The number of hydrogen-bond donors (Lipinski definition) is 2. The summed E-state index contributed by atoms with van der Waals surface area (Å²) in [5, 5.41) is 17.0. The number of hydrogen-bond acceptors (Lipinski definition) is 6. The Morgan fingerprint density at radius 1 is 1.20 bits per heavy atom. The van der Waals surface area contributed by atoms with Gasteiger partial charge in [-0.3, -0.25) is 4.68 Å². The highest BCUT2D eigenvalue weighted by Crippen LogP contribution is 2.41. The SMILES string of the molecule is Cn1cc2c(Cl)c(-c3cn(COCC[Si](C)(C)C)c4nc(N5[C@@H]6CC[C@H]5CC(NC(=O)O)C6)cnc34)cc(F)c2n1. The molecule has 218 valence electrons. The van der Waals surface area contributed by atoms with E-state index in [-0.39, 0.29) is 30.4 Å². The molecule has 13 heteroatoms. The second-order valence-corrected chi connectivity index (χ2v) is 18.5. The molecule has 1 aromatic carbocycles. The molecule has 0 radical (unpaired) electrons. The van der Waals surface area contributed by atoms with Crippen molar-refractivity contribution in [2.75, 3.05) is 11.5 Å². The zero-order valence-corrected chi connectivity index (χ0v) is 25.5. The van der Waals surface area contributed by atoms with Crippen molar-refractivity contribution in [3.05, 3.63) is 35.5 Å². The van der Waals surface area contributed by atoms with Crippen LogP contribution in [-0.4, -0.2) is 68.3 Å². The number of carbonyl (C=O) groups is 1. The first kappa shape index (κ1) is 27.9. The summed E-state index contributed by atoms with van der Waals surface area (Å²) >= 11 is 6.84. The molecular formula is C28H35ClFN7O3Si. The third kappa shape index (κ3) is 5.40. The molecule has 2 saturated heterocycles. The Hall–Kier alpha value is -3.22. The Morgan fingerprint density at radius 3 is 2.61 bits per heavy atom. The van der Waals surface area contributed by atoms with Crippen molar-refractivity contribution < 1.29 is 19.0 Å². The van der Waals surface area contributed by atoms with Crippen LogP contribution in [-0.2, 0) is 18.5 Å². The first-order valence-corrected chi connectivity index (χ1v) is 18.1. The van der Waals surface area contributed by atoms with Gasteiger partial charge in [-0.05, 0) is 37.8 Å². The van der Waals surface area contributed by atoms with E-state index in [1.165, 1.54) is 6.07 Å². The van der Waals surface area contributed by atoms with Crippen LogP contribution in [0.4, 0.5) is 15.0 Å². The van der Waals surface area contributed by atoms with Crippen LogP contribution in [0.25, 0.3) is 33.2 Å². The predicted octanol–water partition coefficient (Wildman–Crippen LogP) is 5.86. The summed E-state index contributed by atoms with van der Waals surface area (Å²) in [7, 11) is 0.468. The number of carboxylic acid groups (broad SMARTS) is 1. The highest BCUT2D eigenvalue weighted by Gasteiger charge is 2.42. The molecule has 0 aliphatic carbocycles. The van der Waals surface area contributed by atoms with Gasteiger partial charge in [0, 0.05) is 68.8 Å². The average molecular weight is 600 g/mol. The van der Waals surface area contributed by atoms with Gasteiger partial charge in [-0.15, -0.1) is 0 Å². The topological polar surface area (TPSA) is 110 Å². The minimum Gasteiger partial charge on any atom is -0.465 e. The largest absolute Gasteiger partial charge is 0.465 e. The number of rotatable bonds is 8. The van der Waals surface area contributed by atoms with E-state index in [1.807, 2.05) is 10.8 Å². The molecule has 2 bridgehead atoms. The van der Waals surface area contributed by atoms with Gasteiger partial charge in [-0.1, -0.05) is 31.2 Å². The van der Waals surface area contributed by atoms with Crippen LogP contribution in [0.2, 0.25) is 30.7 Å². The standard InChI is InChI=1S/C28H35ClFN7O3Si/c1-35-13-21-24(29)19(11-22(30)25(21)34-35)20-14-36(15-40-7-8-41(2,3)4)27-26(20)31-12-23(33-27)37-17-5-6-18(37)10-16(9-17)32-28(38)39/h11-14,16-18,32H,5-10,15H2,1-4H3,(H,38,39)/t16?,17-,18+. The molecule has 10 nitrogen and oxygen atoms in total. The molecular weight excluding hydrogens is 565 g/mol. The van der Waals surface area contributed by atoms with Crippen molar-refractivity contribution in [1.82, 2.24) is 29.6 Å². The summed E-state index contributed by atoms with van der Waals surface area (Å²) in [5.41, 5.74) is 2.68. The Bertz CT molecular complexity index is 1620. The lowest BCUT2D eigenvalue weighted by atomic mass is 9.97. The van der Waals surface area contributed by atoms with Gasteiger partial charge >= 0.3 is 6.09 Å². The van der Waals surface area contributed by atoms with Crippen LogP contribution < -0.4 is 10.2 Å². The number of anilines is 1. The molecule has 1 unspecified atom stereocenters. The number of amides is 1. The maximum absolute atomic E-state index is 15.2. The van der Waals surface area contributed by atoms with Gasteiger partial charge < -0.3 is 24.6 Å². The van der Waals surface area contributed by atoms with Gasteiger partial charge in [0.25, 0.3) is 0 Å². The molecule has 3 aromatic heterocycles. The monoisotopic (exact) mass is 599 g/mol. The molecule has 3 atom stereocenters. The van der Waals surface area contributed by atoms with Crippen molar-refractivity contribution in [3.8, 4) is 11.1 Å². The summed E-state index contributed by atoms with van der Waals surface area (Å²) in [6.07, 6.45) is 7.81. The second-order valence-electron chi connectivity index (χ2n) is 12.5. The maximum atomic E-state index is 15.2. The minimum atomic E-state index is -1.27. The molecule has 5 heterocycles. The van der Waals surface area contributed by atoms with E-state index in [0.29, 0.717) is 39.3 Å². The number of ether oxygens (including phenoxy) is 1. The molecule has 1 amide bonds. The Kier molecular flexibility index (Phi) is 7.19. The van der Waals surface area contributed by atoms with Crippen LogP contribution in [0.15, 0.2) is 24.7 Å². The number of piperidine rings is 1. The van der Waals surface area contributed by atoms with Crippen LogP contribution in [0.3, 0.4) is 0 Å². The Labute approximate surface area is 243 Å². The minimum absolute atomic E-state index is 0.0624. The van der Waals surface area contributed by atoms with Gasteiger partial charge in [0.1, 0.15) is 23.6 Å². The summed E-state index contributed by atoms with van der Waals surface area (Å²) in [6.45, 7) is 7.86. The lowest BCUT2D eigenvalue weighted by Gasteiger charge is -2.39. The number of nitrogens with one attached hydrogen (secondary N) is 1. The third-order valence-electron chi connectivity index (χ3n) is 8.19. The summed E-state index contributed by atoms with van der Waals surface area (Å²) in [5.74, 6) is 0.304. The van der Waals surface area contributed by atoms with Crippen LogP contribution in [0, 0.1) is 5.82 Å². The van der Waals surface area contributed by atoms with Gasteiger partial charge in [0.15, 0.2) is 11.5 Å². The zero-order chi connectivity index (χ0) is 29.1. The van der Waals surface area contributed by atoms with Crippen molar-refractivity contribution in [2.24, 2.45) is 7.05 Å². The molecule has 0 saturated carbocycles. The van der Waals surface area contributed by atoms with Crippen molar-refractivity contribution in [2.45, 2.75) is 76.2 Å². The lowest BCUT2D eigenvalue weighted by Crippen LogP contribution is -2.50. The molecule has 2 aliphatic heterocycles. The first-order chi connectivity index (χ1) is 19.5. The smallest absolute Gasteiger partial charge is 0.404 e. The Morgan fingerprint density at radius 2 is 1.93 bits per heavy atom. The number of halogens is 2. The quantitative estimate of drug-likeness (QED) is 0.193. The number of aromatic nitrogens is 5. The van der Waals surface area contributed by atoms with Crippen LogP contribution in [0.1, 0.15) is 25.7 Å². The first-order valence-electron chi connectivity index (χ1n) is 14.0. The highest BCUT2D eigenvalue weighted by molar-refractivity contribution is 6.76. The van der Waals surface area contributed by atoms with E-state index in [9.17, 15) is 9.90 Å². The summed E-state index contributed by atoms with van der Waals surface area (Å²) in [4.78, 5) is 23.5. The number of benzene rings is 1. The van der Waals surface area contributed by atoms with Crippen LogP contribution in [0.5, 0.6) is 0 Å². The zero-order valence-electron chi connectivity index (χ0n) is 23.7. The molecule has 2 fully saturated rings. The fourth-order valence-electron chi connectivity index (χ4n) is 6.27. The molecule has 41 heavy (non-hydrogen) atoms. The van der Waals surface area contributed by atoms with E-state index >= 15 is 4.39 Å². The van der Waals surface area contributed by atoms with E-state index < -0.39 is 20.0 Å². The second kappa shape index (κ2) is 10.6. The third-order valence-corrected chi connectivity index (χ3v) is 10.3. The number of fused-ring (bicyclic) bond motifs is 4. The fraction of sp³-hybridized carbons (Fsp3) is 0.500. The maximum Gasteiger partial charge on any atom is 0.404 e. The number of aryl methyl sites for hydroxylation is 1. The summed E-state index contributed by atoms with van der Waals surface area (Å²) in [6, 6.07) is 2.76. The van der Waals surface area contributed by atoms with Crippen molar-refractivity contribution >= 4 is 53.7 Å². The van der Waals surface area contributed by atoms with E-state index in [4.69, 9.17) is 26.3 Å². The normalized spacial score (nSPS) is 20.8. The highest BCUT2D eigenvalue weighted by atomic mass is 35.5. The fourth-order valence-corrected chi connectivity index (χ4v) is 7.32. The van der Waals surface area contributed by atoms with Gasteiger partial charge in [0.2, 0.25) is 0 Å². The van der Waals surface area contributed by atoms with Gasteiger partial charge in [0.05, 0.1) is 11.2 Å².